The van der Waals surface area contributed by atoms with E-state index in [2.05, 4.69) is 10.1 Å². The average Bonchev–Trinajstić information content (AvgIpc) is 2.84. The van der Waals surface area contributed by atoms with Crippen LogP contribution in [-0.4, -0.2) is 14.8 Å². The van der Waals surface area contributed by atoms with E-state index in [4.69, 9.17) is 17.3 Å². The van der Waals surface area contributed by atoms with Crippen LogP contribution in [0.3, 0.4) is 0 Å². The predicted octanol–water partition coefficient (Wildman–Crippen LogP) is 2.78. The summed E-state index contributed by atoms with van der Waals surface area (Å²) >= 11 is 7.56. The zero-order valence-corrected chi connectivity index (χ0v) is 10.4. The first-order valence-corrected chi connectivity index (χ1v) is 6.23. The quantitative estimate of drug-likeness (QED) is 0.774. The van der Waals surface area contributed by atoms with Crippen LogP contribution < -0.4 is 5.73 Å². The minimum Gasteiger partial charge on any atom is -0.396 e. The Bertz CT molecular complexity index is 673. The summed E-state index contributed by atoms with van der Waals surface area (Å²) in [5, 5.41) is 5.83. The highest BCUT2D eigenvalue weighted by Gasteiger charge is 2.05. The van der Waals surface area contributed by atoms with E-state index in [1.54, 1.807) is 28.4 Å². The zero-order valence-electron chi connectivity index (χ0n) is 8.80. The molecule has 0 fully saturated rings. The van der Waals surface area contributed by atoms with Crippen LogP contribution in [0.25, 0.3) is 10.2 Å². The molecule has 3 aromatic rings. The summed E-state index contributed by atoms with van der Waals surface area (Å²) in [6, 6.07) is 5.72. The lowest BCUT2D eigenvalue weighted by Gasteiger charge is -1.94. The van der Waals surface area contributed by atoms with Gasteiger partial charge in [-0.3, -0.25) is 4.68 Å². The van der Waals surface area contributed by atoms with Gasteiger partial charge in [-0.15, -0.1) is 11.3 Å². The minimum absolute atomic E-state index is 0.633. The van der Waals surface area contributed by atoms with E-state index in [1.807, 2.05) is 18.2 Å². The lowest BCUT2D eigenvalue weighted by molar-refractivity contribution is 0.684. The largest absolute Gasteiger partial charge is 0.396 e. The van der Waals surface area contributed by atoms with Crippen molar-refractivity contribution in [2.75, 3.05) is 5.73 Å². The molecule has 0 amide bonds. The van der Waals surface area contributed by atoms with Gasteiger partial charge in [-0.05, 0) is 18.2 Å². The molecule has 0 radical (unpaired) electrons. The number of halogens is 1. The average molecular weight is 265 g/mol. The molecule has 0 spiro atoms. The Hall–Kier alpha value is -1.59. The van der Waals surface area contributed by atoms with E-state index >= 15 is 0 Å². The molecule has 86 valence electrons. The van der Waals surface area contributed by atoms with Crippen molar-refractivity contribution in [3.63, 3.8) is 0 Å². The number of anilines is 1. The first-order valence-electron chi connectivity index (χ1n) is 5.03. The monoisotopic (exact) mass is 264 g/mol. The molecule has 1 aromatic carbocycles. The van der Waals surface area contributed by atoms with Crippen LogP contribution in [0.1, 0.15) is 5.01 Å². The SMILES string of the molecule is Nc1cnn(Cc2nc3cc(Cl)ccc3s2)c1. The Kier molecular flexibility index (Phi) is 2.49. The summed E-state index contributed by atoms with van der Waals surface area (Å²) in [5.41, 5.74) is 7.20. The third-order valence-electron chi connectivity index (χ3n) is 2.34. The molecule has 2 aromatic heterocycles. The minimum atomic E-state index is 0.633. The van der Waals surface area contributed by atoms with Crippen molar-refractivity contribution in [1.82, 2.24) is 14.8 Å². The van der Waals surface area contributed by atoms with Crippen molar-refractivity contribution < 1.29 is 0 Å². The number of hydrogen-bond donors (Lipinski definition) is 1. The van der Waals surface area contributed by atoms with Crippen molar-refractivity contribution in [2.24, 2.45) is 0 Å². The third kappa shape index (κ3) is 2.11. The number of rotatable bonds is 2. The standard InChI is InChI=1S/C11H9ClN4S/c12-7-1-2-10-9(3-7)15-11(17-10)6-16-5-8(13)4-14-16/h1-5H,6,13H2. The lowest BCUT2D eigenvalue weighted by atomic mass is 10.3. The van der Waals surface area contributed by atoms with Gasteiger partial charge in [0.1, 0.15) is 5.01 Å². The number of aromatic nitrogens is 3. The van der Waals surface area contributed by atoms with Crippen LogP contribution in [0, 0.1) is 0 Å². The van der Waals surface area contributed by atoms with Gasteiger partial charge in [-0.1, -0.05) is 11.6 Å². The topological polar surface area (TPSA) is 56.7 Å². The van der Waals surface area contributed by atoms with Crippen molar-refractivity contribution in [2.45, 2.75) is 6.54 Å². The number of benzene rings is 1. The molecular formula is C11H9ClN4S. The van der Waals surface area contributed by atoms with Crippen LogP contribution in [0.2, 0.25) is 5.02 Å². The van der Waals surface area contributed by atoms with Gasteiger partial charge in [0.25, 0.3) is 0 Å². The number of nitrogen functional groups attached to an aromatic ring is 1. The molecule has 2 heterocycles. The normalized spacial score (nSPS) is 11.1. The Morgan fingerprint density at radius 1 is 1.41 bits per heavy atom. The summed E-state index contributed by atoms with van der Waals surface area (Å²) in [4.78, 5) is 4.51. The number of hydrogen-bond acceptors (Lipinski definition) is 4. The molecule has 0 aliphatic carbocycles. The molecular weight excluding hydrogens is 256 g/mol. The third-order valence-corrected chi connectivity index (χ3v) is 3.60. The van der Waals surface area contributed by atoms with Gasteiger partial charge in [0.05, 0.1) is 28.6 Å². The number of nitrogens with zero attached hydrogens (tertiary/aromatic N) is 3. The molecule has 3 rings (SSSR count). The van der Waals surface area contributed by atoms with Gasteiger partial charge in [0.15, 0.2) is 0 Å². The Balaban J connectivity index is 1.95. The summed E-state index contributed by atoms with van der Waals surface area (Å²) in [6.45, 7) is 0.633. The fourth-order valence-corrected chi connectivity index (χ4v) is 2.73. The van der Waals surface area contributed by atoms with Gasteiger partial charge < -0.3 is 5.73 Å². The van der Waals surface area contributed by atoms with Gasteiger partial charge in [0, 0.05) is 11.2 Å². The van der Waals surface area contributed by atoms with Crippen molar-refractivity contribution in [3.05, 3.63) is 40.6 Å². The van der Waals surface area contributed by atoms with Crippen molar-refractivity contribution >= 4 is 38.8 Å². The van der Waals surface area contributed by atoms with E-state index in [-0.39, 0.29) is 0 Å². The maximum absolute atomic E-state index is 5.92. The first-order chi connectivity index (χ1) is 8.20. The highest BCUT2D eigenvalue weighted by atomic mass is 35.5. The van der Waals surface area contributed by atoms with Crippen molar-refractivity contribution in [1.29, 1.82) is 0 Å². The molecule has 17 heavy (non-hydrogen) atoms. The molecule has 6 heteroatoms. The summed E-state index contributed by atoms with van der Waals surface area (Å²) in [5.74, 6) is 0. The predicted molar refractivity (Wildman–Crippen MR) is 70.4 cm³/mol. The summed E-state index contributed by atoms with van der Waals surface area (Å²) in [7, 11) is 0. The molecule has 0 saturated carbocycles. The second kappa shape index (κ2) is 4.01. The Labute approximate surface area is 107 Å². The molecule has 0 unspecified atom stereocenters. The van der Waals surface area contributed by atoms with Crippen molar-refractivity contribution in [3.8, 4) is 0 Å². The van der Waals surface area contributed by atoms with Crippen LogP contribution in [0.15, 0.2) is 30.6 Å². The molecule has 0 bridgehead atoms. The van der Waals surface area contributed by atoms with Gasteiger partial charge in [0.2, 0.25) is 0 Å². The molecule has 2 N–H and O–H groups in total. The number of thiazole rings is 1. The van der Waals surface area contributed by atoms with Crippen LogP contribution in [-0.2, 0) is 6.54 Å². The second-order valence-electron chi connectivity index (χ2n) is 3.69. The van der Waals surface area contributed by atoms with E-state index in [0.29, 0.717) is 17.3 Å². The highest BCUT2D eigenvalue weighted by Crippen LogP contribution is 2.25. The molecule has 0 aliphatic rings. The van der Waals surface area contributed by atoms with Gasteiger partial charge >= 0.3 is 0 Å². The number of nitrogens with two attached hydrogens (primary N) is 1. The van der Waals surface area contributed by atoms with Gasteiger partial charge in [-0.2, -0.15) is 5.10 Å². The molecule has 0 atom stereocenters. The maximum Gasteiger partial charge on any atom is 0.115 e. The fourth-order valence-electron chi connectivity index (χ4n) is 1.62. The molecule has 4 nitrogen and oxygen atoms in total. The molecule has 0 saturated heterocycles. The number of fused-ring (bicyclic) bond motifs is 1. The van der Waals surface area contributed by atoms with Crippen LogP contribution >= 0.6 is 22.9 Å². The summed E-state index contributed by atoms with van der Waals surface area (Å²) in [6.07, 6.45) is 3.42. The fraction of sp³-hybridized carbons (Fsp3) is 0.0909. The van der Waals surface area contributed by atoms with Gasteiger partial charge in [-0.25, -0.2) is 4.98 Å². The maximum atomic E-state index is 5.92. The summed E-state index contributed by atoms with van der Waals surface area (Å²) < 4.78 is 2.90. The highest BCUT2D eigenvalue weighted by molar-refractivity contribution is 7.18. The van der Waals surface area contributed by atoms with E-state index in [9.17, 15) is 0 Å². The zero-order chi connectivity index (χ0) is 11.8. The van der Waals surface area contributed by atoms with E-state index in [1.165, 1.54) is 0 Å². The van der Waals surface area contributed by atoms with Crippen LogP contribution in [0.4, 0.5) is 5.69 Å². The van der Waals surface area contributed by atoms with E-state index < -0.39 is 0 Å². The Morgan fingerprint density at radius 3 is 3.06 bits per heavy atom. The second-order valence-corrected chi connectivity index (χ2v) is 5.24. The lowest BCUT2D eigenvalue weighted by Crippen LogP contribution is -1.98. The first kappa shape index (κ1) is 10.6. The molecule has 0 aliphatic heterocycles. The Morgan fingerprint density at radius 2 is 2.29 bits per heavy atom. The smallest absolute Gasteiger partial charge is 0.115 e. The van der Waals surface area contributed by atoms with Crippen LogP contribution in [0.5, 0.6) is 0 Å². The van der Waals surface area contributed by atoms with E-state index in [0.717, 1.165) is 15.2 Å².